The van der Waals surface area contributed by atoms with Gasteiger partial charge in [-0.15, -0.1) is 0 Å². The monoisotopic (exact) mass is 228 g/mol. The molecule has 94 valence electrons. The lowest BCUT2D eigenvalue weighted by atomic mass is 9.94. The molecule has 0 spiro atoms. The van der Waals surface area contributed by atoms with Crippen molar-refractivity contribution in [3.8, 4) is 0 Å². The Hall–Kier alpha value is -0.610. The van der Waals surface area contributed by atoms with Gasteiger partial charge in [0.1, 0.15) is 0 Å². The third-order valence-corrected chi connectivity index (χ3v) is 3.27. The fourth-order valence-corrected chi connectivity index (χ4v) is 2.12. The van der Waals surface area contributed by atoms with Gasteiger partial charge in [-0.3, -0.25) is 4.79 Å². The zero-order valence-corrected chi connectivity index (χ0v) is 10.7. The fourth-order valence-electron chi connectivity index (χ4n) is 2.12. The van der Waals surface area contributed by atoms with Crippen LogP contribution in [0.2, 0.25) is 0 Å². The molecule has 16 heavy (non-hydrogen) atoms. The second-order valence-corrected chi connectivity index (χ2v) is 4.68. The molecule has 4 nitrogen and oxygen atoms in total. The molecule has 1 amide bonds. The summed E-state index contributed by atoms with van der Waals surface area (Å²) in [5.41, 5.74) is -0.147. The van der Waals surface area contributed by atoms with E-state index < -0.39 is 0 Å². The lowest BCUT2D eigenvalue weighted by molar-refractivity contribution is -0.139. The van der Waals surface area contributed by atoms with Gasteiger partial charge in [-0.2, -0.15) is 0 Å². The first kappa shape index (κ1) is 13.5. The Morgan fingerprint density at radius 3 is 2.94 bits per heavy atom. The fraction of sp³-hybridized carbons (Fsp3) is 0.917. The Balaban J connectivity index is 2.38. The molecule has 1 aliphatic heterocycles. The van der Waals surface area contributed by atoms with Crippen LogP contribution in [0.5, 0.6) is 0 Å². The molecule has 0 aliphatic carbocycles. The first-order valence-electron chi connectivity index (χ1n) is 6.15. The van der Waals surface area contributed by atoms with Crippen LogP contribution in [-0.2, 0) is 9.53 Å². The molecular weight excluding hydrogens is 204 g/mol. The molecule has 0 aromatic heterocycles. The molecule has 0 saturated carbocycles. The van der Waals surface area contributed by atoms with Crippen LogP contribution in [0.4, 0.5) is 0 Å². The highest BCUT2D eigenvalue weighted by atomic mass is 16.5. The second-order valence-electron chi connectivity index (χ2n) is 4.68. The van der Waals surface area contributed by atoms with Crippen LogP contribution < -0.4 is 5.32 Å². The maximum atomic E-state index is 11.9. The summed E-state index contributed by atoms with van der Waals surface area (Å²) >= 11 is 0. The van der Waals surface area contributed by atoms with Gasteiger partial charge in [-0.05, 0) is 26.3 Å². The molecule has 0 aromatic carbocycles. The number of nitrogens with zero attached hydrogens (tertiary/aromatic N) is 1. The van der Waals surface area contributed by atoms with Crippen LogP contribution in [0.3, 0.4) is 0 Å². The van der Waals surface area contributed by atoms with Crippen LogP contribution >= 0.6 is 0 Å². The number of hydrogen-bond donors (Lipinski definition) is 1. The predicted molar refractivity (Wildman–Crippen MR) is 64.4 cm³/mol. The van der Waals surface area contributed by atoms with E-state index in [1.54, 1.807) is 7.11 Å². The third kappa shape index (κ3) is 3.76. The van der Waals surface area contributed by atoms with Crippen molar-refractivity contribution < 1.29 is 9.53 Å². The minimum Gasteiger partial charge on any atom is -0.377 e. The summed E-state index contributed by atoms with van der Waals surface area (Å²) in [6, 6.07) is 0. The van der Waals surface area contributed by atoms with E-state index in [1.807, 2.05) is 11.8 Å². The maximum Gasteiger partial charge on any atom is 0.223 e. The summed E-state index contributed by atoms with van der Waals surface area (Å²) in [5.74, 6) is 0.240. The van der Waals surface area contributed by atoms with Crippen molar-refractivity contribution in [1.82, 2.24) is 10.2 Å². The van der Waals surface area contributed by atoms with Gasteiger partial charge in [-0.1, -0.05) is 6.92 Å². The number of hydrogen-bond acceptors (Lipinski definition) is 3. The molecule has 1 fully saturated rings. The van der Waals surface area contributed by atoms with E-state index in [0.717, 1.165) is 39.0 Å². The molecule has 1 atom stereocenters. The van der Waals surface area contributed by atoms with Gasteiger partial charge < -0.3 is 15.0 Å². The number of ether oxygens (including phenoxy) is 1. The Bertz CT molecular complexity index is 233. The van der Waals surface area contributed by atoms with Crippen molar-refractivity contribution >= 4 is 5.91 Å². The van der Waals surface area contributed by atoms with Gasteiger partial charge in [0.2, 0.25) is 5.91 Å². The van der Waals surface area contributed by atoms with Gasteiger partial charge >= 0.3 is 0 Å². The molecule has 4 heteroatoms. The predicted octanol–water partition coefficient (Wildman–Crippen LogP) is 1.01. The van der Waals surface area contributed by atoms with Gasteiger partial charge in [0.15, 0.2) is 0 Å². The van der Waals surface area contributed by atoms with Crippen molar-refractivity contribution in [2.75, 3.05) is 33.3 Å². The molecule has 1 aliphatic rings. The topological polar surface area (TPSA) is 41.6 Å². The van der Waals surface area contributed by atoms with Crippen LogP contribution in [0.25, 0.3) is 0 Å². The summed E-state index contributed by atoms with van der Waals surface area (Å²) < 4.78 is 5.48. The van der Waals surface area contributed by atoms with E-state index in [2.05, 4.69) is 12.2 Å². The second kappa shape index (κ2) is 6.21. The number of amides is 1. The minimum absolute atomic E-state index is 0.147. The van der Waals surface area contributed by atoms with E-state index in [1.165, 1.54) is 0 Å². The van der Waals surface area contributed by atoms with E-state index >= 15 is 0 Å². The first-order chi connectivity index (χ1) is 7.61. The van der Waals surface area contributed by atoms with Crippen LogP contribution in [0, 0.1) is 0 Å². The van der Waals surface area contributed by atoms with Gasteiger partial charge in [0.05, 0.1) is 5.60 Å². The highest BCUT2D eigenvalue weighted by Crippen LogP contribution is 2.24. The summed E-state index contributed by atoms with van der Waals surface area (Å²) in [6.07, 6.45) is 2.67. The van der Waals surface area contributed by atoms with Crippen molar-refractivity contribution in [3.63, 3.8) is 0 Å². The quantitative estimate of drug-likeness (QED) is 0.714. The lowest BCUT2D eigenvalue weighted by Gasteiger charge is -2.39. The van der Waals surface area contributed by atoms with Crippen LogP contribution in [0.1, 0.15) is 33.1 Å². The smallest absolute Gasteiger partial charge is 0.223 e. The van der Waals surface area contributed by atoms with E-state index in [4.69, 9.17) is 4.74 Å². The number of piperidine rings is 1. The molecule has 0 aromatic rings. The van der Waals surface area contributed by atoms with E-state index in [-0.39, 0.29) is 11.5 Å². The SMILES string of the molecule is CCNCCC(=O)N1CCCC(C)(OC)C1. The molecule has 1 N–H and O–H groups in total. The number of rotatable bonds is 5. The van der Waals surface area contributed by atoms with Gasteiger partial charge in [0.25, 0.3) is 0 Å². The minimum atomic E-state index is -0.147. The summed E-state index contributed by atoms with van der Waals surface area (Å²) in [6.45, 7) is 7.43. The van der Waals surface area contributed by atoms with E-state index in [0.29, 0.717) is 6.42 Å². The summed E-state index contributed by atoms with van der Waals surface area (Å²) in [7, 11) is 1.73. The molecule has 0 radical (unpaired) electrons. The number of methoxy groups -OCH3 is 1. The largest absolute Gasteiger partial charge is 0.377 e. The highest BCUT2D eigenvalue weighted by Gasteiger charge is 2.32. The highest BCUT2D eigenvalue weighted by molar-refractivity contribution is 5.76. The number of nitrogens with one attached hydrogen (secondary N) is 1. The Labute approximate surface area is 98.3 Å². The van der Waals surface area contributed by atoms with Gasteiger partial charge in [-0.25, -0.2) is 0 Å². The van der Waals surface area contributed by atoms with E-state index in [9.17, 15) is 4.79 Å². The lowest BCUT2D eigenvalue weighted by Crippen LogP contribution is -2.50. The Morgan fingerprint density at radius 1 is 1.56 bits per heavy atom. The third-order valence-electron chi connectivity index (χ3n) is 3.27. The number of likely N-dealkylation sites (tertiary alicyclic amines) is 1. The zero-order chi connectivity index (χ0) is 12.0. The molecule has 1 heterocycles. The Kier molecular flexibility index (Phi) is 5.22. The summed E-state index contributed by atoms with van der Waals surface area (Å²) in [4.78, 5) is 13.8. The van der Waals surface area contributed by atoms with Crippen molar-refractivity contribution in [2.24, 2.45) is 0 Å². The average Bonchev–Trinajstić information content (AvgIpc) is 2.29. The van der Waals surface area contributed by atoms with Crippen molar-refractivity contribution in [3.05, 3.63) is 0 Å². The van der Waals surface area contributed by atoms with Gasteiger partial charge in [0, 0.05) is 33.2 Å². The molecule has 1 unspecified atom stereocenters. The summed E-state index contributed by atoms with van der Waals surface area (Å²) in [5, 5.41) is 3.17. The molecule has 0 bridgehead atoms. The molecule has 1 saturated heterocycles. The Morgan fingerprint density at radius 2 is 2.31 bits per heavy atom. The number of carbonyl (C=O) groups is 1. The normalized spacial score (nSPS) is 25.8. The standard InChI is InChI=1S/C12H24N2O2/c1-4-13-8-6-11(15)14-9-5-7-12(2,10-14)16-3/h13H,4-10H2,1-3H3. The van der Waals surface area contributed by atoms with Crippen molar-refractivity contribution in [1.29, 1.82) is 0 Å². The maximum absolute atomic E-state index is 11.9. The van der Waals surface area contributed by atoms with Crippen LogP contribution in [-0.4, -0.2) is 49.7 Å². The molecular formula is C12H24N2O2. The average molecular weight is 228 g/mol. The number of carbonyl (C=O) groups excluding carboxylic acids is 1. The van der Waals surface area contributed by atoms with Crippen LogP contribution in [0.15, 0.2) is 0 Å². The zero-order valence-electron chi connectivity index (χ0n) is 10.7. The first-order valence-corrected chi connectivity index (χ1v) is 6.15. The molecule has 1 rings (SSSR count). The van der Waals surface area contributed by atoms with Crippen molar-refractivity contribution in [2.45, 2.75) is 38.7 Å².